The van der Waals surface area contributed by atoms with E-state index in [4.69, 9.17) is 19.2 Å². The number of aromatic nitrogens is 1. The topological polar surface area (TPSA) is 98.3 Å². The van der Waals surface area contributed by atoms with E-state index < -0.39 is 16.1 Å². The van der Waals surface area contributed by atoms with Gasteiger partial charge in [0.15, 0.2) is 5.13 Å². The lowest BCUT2D eigenvalue weighted by Crippen LogP contribution is -2.49. The first-order valence-electron chi connectivity index (χ1n) is 11.9. The number of rotatable bonds is 8. The van der Waals surface area contributed by atoms with Crippen molar-refractivity contribution < 1.29 is 27.4 Å². The van der Waals surface area contributed by atoms with Crippen LogP contribution in [0.5, 0.6) is 11.5 Å². The summed E-state index contributed by atoms with van der Waals surface area (Å²) in [5.41, 5.74) is 0.730. The van der Waals surface area contributed by atoms with Crippen LogP contribution in [-0.4, -0.2) is 69.7 Å². The van der Waals surface area contributed by atoms with E-state index in [0.29, 0.717) is 42.6 Å². The summed E-state index contributed by atoms with van der Waals surface area (Å²) in [5.74, 6) is 0.980. The molecule has 1 aromatic heterocycles. The molecule has 0 spiro atoms. The molecule has 0 N–H and O–H groups in total. The summed E-state index contributed by atoms with van der Waals surface area (Å²) in [5, 5.41) is 0.535. The van der Waals surface area contributed by atoms with Gasteiger partial charge in [-0.3, -0.25) is 9.69 Å². The lowest BCUT2D eigenvalue weighted by atomic mass is 10.2. The standard InChI is InChI=1S/C25H29N3O6S2/c1-32-17-7-10-20(11-8-17)36(30,31)28-13-3-6-22(28)24(29)27(16-19-5-4-14-34-19)25-26-21-15-18(33-2)9-12-23(21)35-25/h7-12,15,19,22H,3-6,13-14,16H2,1-2H3. The van der Waals surface area contributed by atoms with E-state index >= 15 is 0 Å². The smallest absolute Gasteiger partial charge is 0.247 e. The van der Waals surface area contributed by atoms with E-state index in [1.54, 1.807) is 24.1 Å². The molecular weight excluding hydrogens is 502 g/mol. The molecule has 5 rings (SSSR count). The first-order chi connectivity index (χ1) is 17.4. The quantitative estimate of drug-likeness (QED) is 0.437. The Morgan fingerprint density at radius 3 is 2.56 bits per heavy atom. The Morgan fingerprint density at radius 1 is 1.11 bits per heavy atom. The number of fused-ring (bicyclic) bond motifs is 1. The number of methoxy groups -OCH3 is 2. The fourth-order valence-corrected chi connectivity index (χ4v) is 7.34. The van der Waals surface area contributed by atoms with Crippen molar-refractivity contribution >= 4 is 42.6 Å². The van der Waals surface area contributed by atoms with Gasteiger partial charge in [0.1, 0.15) is 17.5 Å². The van der Waals surface area contributed by atoms with Crippen LogP contribution in [0, 0.1) is 0 Å². The molecule has 2 aliphatic rings. The van der Waals surface area contributed by atoms with Crippen LogP contribution in [0.2, 0.25) is 0 Å². The second-order valence-corrected chi connectivity index (χ2v) is 11.8. The Labute approximate surface area is 214 Å². The lowest BCUT2D eigenvalue weighted by Gasteiger charge is -2.29. The second-order valence-electron chi connectivity index (χ2n) is 8.86. The van der Waals surface area contributed by atoms with Crippen LogP contribution in [0.4, 0.5) is 5.13 Å². The number of anilines is 1. The molecule has 2 saturated heterocycles. The minimum atomic E-state index is -3.87. The highest BCUT2D eigenvalue weighted by molar-refractivity contribution is 7.89. The molecule has 0 aliphatic carbocycles. The van der Waals surface area contributed by atoms with Gasteiger partial charge in [0, 0.05) is 19.2 Å². The minimum absolute atomic E-state index is 0.108. The van der Waals surface area contributed by atoms with Gasteiger partial charge in [0.25, 0.3) is 0 Å². The Balaban J connectivity index is 1.47. The van der Waals surface area contributed by atoms with Gasteiger partial charge in [-0.2, -0.15) is 4.31 Å². The lowest BCUT2D eigenvalue weighted by molar-refractivity contribution is -0.122. The van der Waals surface area contributed by atoms with Gasteiger partial charge in [-0.1, -0.05) is 11.3 Å². The van der Waals surface area contributed by atoms with E-state index in [0.717, 1.165) is 23.1 Å². The maximum atomic E-state index is 14.0. The number of benzene rings is 2. The SMILES string of the molecule is COc1ccc(S(=O)(=O)N2CCCC2C(=O)N(CC2CCCO2)c2nc3cc(OC)ccc3s2)cc1. The average Bonchev–Trinajstić information content (AvgIpc) is 3.67. The highest BCUT2D eigenvalue weighted by Gasteiger charge is 2.42. The predicted molar refractivity (Wildman–Crippen MR) is 137 cm³/mol. The van der Waals surface area contributed by atoms with Gasteiger partial charge in [-0.05, 0) is 62.1 Å². The van der Waals surface area contributed by atoms with Gasteiger partial charge in [0.05, 0.1) is 42.0 Å². The van der Waals surface area contributed by atoms with Crippen LogP contribution < -0.4 is 14.4 Å². The number of carbonyl (C=O) groups is 1. The number of nitrogens with zero attached hydrogens (tertiary/aromatic N) is 3. The van der Waals surface area contributed by atoms with Crippen molar-refractivity contribution in [3.05, 3.63) is 42.5 Å². The molecule has 2 aliphatic heterocycles. The van der Waals surface area contributed by atoms with Crippen molar-refractivity contribution in [1.29, 1.82) is 0 Å². The molecule has 2 unspecified atom stereocenters. The third kappa shape index (κ3) is 4.80. The van der Waals surface area contributed by atoms with Crippen LogP contribution in [0.15, 0.2) is 47.4 Å². The summed E-state index contributed by atoms with van der Waals surface area (Å²) in [6.45, 7) is 1.28. The van der Waals surface area contributed by atoms with Gasteiger partial charge in [-0.25, -0.2) is 13.4 Å². The summed E-state index contributed by atoms with van der Waals surface area (Å²) in [7, 11) is -0.745. The maximum absolute atomic E-state index is 14.0. The molecule has 192 valence electrons. The molecule has 2 aromatic carbocycles. The van der Waals surface area contributed by atoms with Crippen LogP contribution in [0.25, 0.3) is 10.2 Å². The highest BCUT2D eigenvalue weighted by Crippen LogP contribution is 2.35. The highest BCUT2D eigenvalue weighted by atomic mass is 32.2. The van der Waals surface area contributed by atoms with E-state index in [1.807, 2.05) is 18.2 Å². The average molecular weight is 532 g/mol. The third-order valence-corrected chi connectivity index (χ3v) is 9.63. The van der Waals surface area contributed by atoms with Crippen LogP contribution in [-0.2, 0) is 19.6 Å². The van der Waals surface area contributed by atoms with E-state index in [1.165, 1.54) is 34.9 Å². The molecule has 3 heterocycles. The molecule has 9 nitrogen and oxygen atoms in total. The zero-order chi connectivity index (χ0) is 25.3. The van der Waals surface area contributed by atoms with Crippen LogP contribution in [0.3, 0.4) is 0 Å². The van der Waals surface area contributed by atoms with Crippen molar-refractivity contribution in [2.24, 2.45) is 0 Å². The van der Waals surface area contributed by atoms with Gasteiger partial charge in [0.2, 0.25) is 15.9 Å². The van der Waals surface area contributed by atoms with Gasteiger partial charge in [-0.15, -0.1) is 0 Å². The Hall–Kier alpha value is -2.73. The molecule has 0 saturated carbocycles. The summed E-state index contributed by atoms with van der Waals surface area (Å²) < 4.78 is 45.6. The number of hydrogen-bond donors (Lipinski definition) is 0. The zero-order valence-corrected chi connectivity index (χ0v) is 21.9. The second kappa shape index (κ2) is 10.3. The molecule has 3 aromatic rings. The molecular formula is C25H29N3O6S2. The van der Waals surface area contributed by atoms with Crippen LogP contribution in [0.1, 0.15) is 25.7 Å². The van der Waals surface area contributed by atoms with Crippen molar-refractivity contribution in [2.45, 2.75) is 42.7 Å². The zero-order valence-electron chi connectivity index (χ0n) is 20.3. The maximum Gasteiger partial charge on any atom is 0.247 e. The molecule has 2 atom stereocenters. The Kier molecular flexibility index (Phi) is 7.16. The van der Waals surface area contributed by atoms with E-state index in [9.17, 15) is 13.2 Å². The molecule has 0 bridgehead atoms. The predicted octanol–water partition coefficient (Wildman–Crippen LogP) is 3.68. The van der Waals surface area contributed by atoms with Crippen molar-refractivity contribution in [2.75, 3.05) is 38.8 Å². The minimum Gasteiger partial charge on any atom is -0.497 e. The monoisotopic (exact) mass is 531 g/mol. The van der Waals surface area contributed by atoms with Gasteiger partial charge < -0.3 is 14.2 Å². The Bertz CT molecular complexity index is 1340. The molecule has 36 heavy (non-hydrogen) atoms. The van der Waals surface area contributed by atoms with E-state index in [2.05, 4.69) is 0 Å². The summed E-state index contributed by atoms with van der Waals surface area (Å²) in [6, 6.07) is 11.0. The Morgan fingerprint density at radius 2 is 1.86 bits per heavy atom. The number of ether oxygens (including phenoxy) is 3. The van der Waals surface area contributed by atoms with Crippen LogP contribution >= 0.6 is 11.3 Å². The number of amides is 1. The summed E-state index contributed by atoms with van der Waals surface area (Å²) >= 11 is 1.41. The molecule has 11 heteroatoms. The fraction of sp³-hybridized carbons (Fsp3) is 0.440. The molecule has 0 radical (unpaired) electrons. The first-order valence-corrected chi connectivity index (χ1v) is 14.2. The van der Waals surface area contributed by atoms with Crippen molar-refractivity contribution in [1.82, 2.24) is 9.29 Å². The fourth-order valence-electron chi connectivity index (χ4n) is 4.73. The molecule has 2 fully saturated rings. The number of hydrogen-bond acceptors (Lipinski definition) is 8. The third-order valence-electron chi connectivity index (χ3n) is 6.65. The molecule has 1 amide bonds. The van der Waals surface area contributed by atoms with E-state index in [-0.39, 0.29) is 23.5 Å². The van der Waals surface area contributed by atoms with Crippen molar-refractivity contribution in [3.8, 4) is 11.5 Å². The largest absolute Gasteiger partial charge is 0.497 e. The van der Waals surface area contributed by atoms with Crippen molar-refractivity contribution in [3.63, 3.8) is 0 Å². The number of carbonyl (C=O) groups excluding carboxylic acids is 1. The number of sulfonamides is 1. The van der Waals surface area contributed by atoms with Gasteiger partial charge >= 0.3 is 0 Å². The number of thiazole rings is 1. The normalized spacial score (nSPS) is 20.6. The first kappa shape index (κ1) is 24.9. The summed E-state index contributed by atoms with van der Waals surface area (Å²) in [6.07, 6.45) is 2.74. The summed E-state index contributed by atoms with van der Waals surface area (Å²) in [4.78, 5) is 20.5.